The maximum absolute atomic E-state index is 5.87. The Labute approximate surface area is 121 Å². The third-order valence-corrected chi connectivity index (χ3v) is 4.50. The van der Waals surface area contributed by atoms with E-state index in [0.717, 1.165) is 25.5 Å². The van der Waals surface area contributed by atoms with E-state index in [2.05, 4.69) is 28.8 Å². The van der Waals surface area contributed by atoms with Gasteiger partial charge in [-0.1, -0.05) is 0 Å². The lowest BCUT2D eigenvalue weighted by molar-refractivity contribution is 0.0992. The molecule has 0 spiro atoms. The van der Waals surface area contributed by atoms with Crippen LogP contribution in [-0.4, -0.2) is 49.3 Å². The molecule has 5 heteroatoms. The van der Waals surface area contributed by atoms with Crippen LogP contribution >= 0.6 is 11.8 Å². The predicted octanol–water partition coefficient (Wildman–Crippen LogP) is 2.00. The van der Waals surface area contributed by atoms with Gasteiger partial charge < -0.3 is 15.4 Å². The number of fused-ring (bicyclic) bond motifs is 2. The number of hydrogen-bond donors (Lipinski definition) is 2. The van der Waals surface area contributed by atoms with Gasteiger partial charge in [0, 0.05) is 13.1 Å². The minimum absolute atomic E-state index is 0.408. The van der Waals surface area contributed by atoms with Gasteiger partial charge >= 0.3 is 0 Å². The molecule has 2 aliphatic rings. The van der Waals surface area contributed by atoms with E-state index in [4.69, 9.17) is 4.74 Å². The fraction of sp³-hybridized carbons (Fsp3) is 0.929. The minimum Gasteiger partial charge on any atom is -0.373 e. The van der Waals surface area contributed by atoms with Crippen LogP contribution in [0.2, 0.25) is 0 Å². The molecule has 0 amide bonds. The van der Waals surface area contributed by atoms with Crippen LogP contribution in [-0.2, 0) is 4.74 Å². The number of nitrogens with one attached hydrogen (secondary N) is 2. The quantitative estimate of drug-likeness (QED) is 0.427. The van der Waals surface area contributed by atoms with Gasteiger partial charge in [0.2, 0.25) is 0 Å². The van der Waals surface area contributed by atoms with Crippen LogP contribution in [0.3, 0.4) is 0 Å². The zero-order valence-electron chi connectivity index (χ0n) is 12.2. The Morgan fingerprint density at radius 2 is 2.26 bits per heavy atom. The highest BCUT2D eigenvalue weighted by atomic mass is 32.2. The van der Waals surface area contributed by atoms with Crippen LogP contribution in [0, 0.1) is 0 Å². The van der Waals surface area contributed by atoms with Gasteiger partial charge in [0.1, 0.15) is 0 Å². The molecule has 2 rings (SSSR count). The Kier molecular flexibility index (Phi) is 6.31. The average Bonchev–Trinajstić information content (AvgIpc) is 3.01. The van der Waals surface area contributed by atoms with Crippen LogP contribution < -0.4 is 10.6 Å². The number of rotatable bonds is 7. The highest BCUT2D eigenvalue weighted by Gasteiger charge is 2.41. The first-order valence-electron chi connectivity index (χ1n) is 7.52. The molecular weight excluding hydrogens is 258 g/mol. The molecule has 0 aromatic carbocycles. The van der Waals surface area contributed by atoms with Crippen LogP contribution in [0.25, 0.3) is 0 Å². The standard InChI is InChI=1S/C14H27N3OS/c1-3-15-14(16-8-4-5-9-19-2)17-12-10-11-6-7-13(12)18-11/h11-13H,3-10H2,1-2H3,(H2,15,16,17). The summed E-state index contributed by atoms with van der Waals surface area (Å²) < 4.78 is 5.87. The summed E-state index contributed by atoms with van der Waals surface area (Å²) in [5.74, 6) is 2.20. The minimum atomic E-state index is 0.408. The van der Waals surface area contributed by atoms with Gasteiger partial charge in [-0.25, -0.2) is 0 Å². The molecule has 110 valence electrons. The summed E-state index contributed by atoms with van der Waals surface area (Å²) in [5, 5.41) is 6.89. The van der Waals surface area contributed by atoms with Gasteiger partial charge in [0.15, 0.2) is 5.96 Å². The smallest absolute Gasteiger partial charge is 0.191 e. The van der Waals surface area contributed by atoms with Crippen molar-refractivity contribution in [2.75, 3.05) is 25.1 Å². The fourth-order valence-corrected chi connectivity index (χ4v) is 3.33. The maximum Gasteiger partial charge on any atom is 0.191 e. The number of aliphatic imine (C=N–C) groups is 1. The first-order chi connectivity index (χ1) is 9.33. The van der Waals surface area contributed by atoms with E-state index < -0.39 is 0 Å². The molecular formula is C14H27N3OS. The molecule has 3 atom stereocenters. The number of nitrogens with zero attached hydrogens (tertiary/aromatic N) is 1. The SMILES string of the molecule is CCNC(=NCCCCSC)NC1CC2CCC1O2. The predicted molar refractivity (Wildman–Crippen MR) is 83.0 cm³/mol. The van der Waals surface area contributed by atoms with Crippen molar-refractivity contribution < 1.29 is 4.74 Å². The lowest BCUT2D eigenvalue weighted by Crippen LogP contribution is -2.47. The molecule has 2 N–H and O–H groups in total. The summed E-state index contributed by atoms with van der Waals surface area (Å²) in [6, 6.07) is 0.461. The topological polar surface area (TPSA) is 45.7 Å². The van der Waals surface area contributed by atoms with Crippen molar-refractivity contribution in [3.05, 3.63) is 0 Å². The van der Waals surface area contributed by atoms with Crippen molar-refractivity contribution in [2.24, 2.45) is 4.99 Å². The van der Waals surface area contributed by atoms with Crippen LogP contribution in [0.4, 0.5) is 0 Å². The van der Waals surface area contributed by atoms with Crippen molar-refractivity contribution in [2.45, 2.75) is 57.3 Å². The number of ether oxygens (including phenoxy) is 1. The second-order valence-corrected chi connectivity index (χ2v) is 6.31. The molecule has 2 fully saturated rings. The fourth-order valence-electron chi connectivity index (χ4n) is 2.83. The van der Waals surface area contributed by atoms with E-state index in [0.29, 0.717) is 18.2 Å². The summed E-state index contributed by atoms with van der Waals surface area (Å²) >= 11 is 1.91. The lowest BCUT2D eigenvalue weighted by atomic mass is 9.96. The highest BCUT2D eigenvalue weighted by Crippen LogP contribution is 2.34. The number of hydrogen-bond acceptors (Lipinski definition) is 3. The molecule has 19 heavy (non-hydrogen) atoms. The molecule has 4 nitrogen and oxygen atoms in total. The van der Waals surface area contributed by atoms with Gasteiger partial charge in [-0.2, -0.15) is 11.8 Å². The summed E-state index contributed by atoms with van der Waals surface area (Å²) in [5.41, 5.74) is 0. The van der Waals surface area contributed by atoms with Gasteiger partial charge in [-0.15, -0.1) is 0 Å². The molecule has 2 saturated heterocycles. The summed E-state index contributed by atoms with van der Waals surface area (Å²) in [6.45, 7) is 3.94. The monoisotopic (exact) mass is 285 g/mol. The van der Waals surface area contributed by atoms with Gasteiger partial charge in [0.05, 0.1) is 18.2 Å². The highest BCUT2D eigenvalue weighted by molar-refractivity contribution is 7.98. The molecule has 0 aromatic rings. The van der Waals surface area contributed by atoms with Crippen molar-refractivity contribution in [3.63, 3.8) is 0 Å². The molecule has 2 bridgehead atoms. The first kappa shape index (κ1) is 15.0. The van der Waals surface area contributed by atoms with E-state index in [9.17, 15) is 0 Å². The van der Waals surface area contributed by atoms with Gasteiger partial charge in [-0.3, -0.25) is 4.99 Å². The largest absolute Gasteiger partial charge is 0.373 e. The molecule has 0 radical (unpaired) electrons. The van der Waals surface area contributed by atoms with Crippen molar-refractivity contribution in [1.29, 1.82) is 0 Å². The van der Waals surface area contributed by atoms with Crippen molar-refractivity contribution >= 4 is 17.7 Å². The molecule has 0 saturated carbocycles. The van der Waals surface area contributed by atoms with E-state index in [1.807, 2.05) is 11.8 Å². The number of unbranched alkanes of at least 4 members (excludes halogenated alkanes) is 1. The molecule has 2 aliphatic heterocycles. The average molecular weight is 285 g/mol. The molecule has 0 aromatic heterocycles. The molecule has 0 aliphatic carbocycles. The third-order valence-electron chi connectivity index (χ3n) is 3.80. The van der Waals surface area contributed by atoms with Crippen LogP contribution in [0.1, 0.15) is 39.0 Å². The third kappa shape index (κ3) is 4.56. The summed E-state index contributed by atoms with van der Waals surface area (Å²) in [7, 11) is 0. The molecule has 3 unspecified atom stereocenters. The van der Waals surface area contributed by atoms with Crippen LogP contribution in [0.15, 0.2) is 4.99 Å². The second kappa shape index (κ2) is 8.00. The summed E-state index contributed by atoms with van der Waals surface area (Å²) in [4.78, 5) is 4.66. The first-order valence-corrected chi connectivity index (χ1v) is 8.92. The Morgan fingerprint density at radius 1 is 1.37 bits per heavy atom. The molecule has 2 heterocycles. The Morgan fingerprint density at radius 3 is 2.89 bits per heavy atom. The van der Waals surface area contributed by atoms with E-state index in [1.165, 1.54) is 31.4 Å². The Balaban J connectivity index is 1.73. The number of guanidine groups is 1. The van der Waals surface area contributed by atoms with E-state index in [-0.39, 0.29) is 0 Å². The zero-order chi connectivity index (χ0) is 13.5. The lowest BCUT2D eigenvalue weighted by Gasteiger charge is -2.22. The van der Waals surface area contributed by atoms with Gasteiger partial charge in [0.25, 0.3) is 0 Å². The van der Waals surface area contributed by atoms with Crippen molar-refractivity contribution in [3.8, 4) is 0 Å². The van der Waals surface area contributed by atoms with E-state index in [1.54, 1.807) is 0 Å². The zero-order valence-corrected chi connectivity index (χ0v) is 13.0. The Bertz CT molecular complexity index is 298. The van der Waals surface area contributed by atoms with Gasteiger partial charge in [-0.05, 0) is 51.0 Å². The van der Waals surface area contributed by atoms with E-state index >= 15 is 0 Å². The summed E-state index contributed by atoms with van der Waals surface area (Å²) in [6.07, 6.45) is 9.07. The number of thioether (sulfide) groups is 1. The van der Waals surface area contributed by atoms with Crippen molar-refractivity contribution in [1.82, 2.24) is 10.6 Å². The Hall–Kier alpha value is -0.420. The van der Waals surface area contributed by atoms with Crippen LogP contribution in [0.5, 0.6) is 0 Å². The maximum atomic E-state index is 5.87. The second-order valence-electron chi connectivity index (χ2n) is 5.32. The normalized spacial score (nSPS) is 29.8.